The molecule has 1 aromatic rings. The van der Waals surface area contributed by atoms with Crippen LogP contribution >= 0.6 is 0 Å². The lowest BCUT2D eigenvalue weighted by atomic mass is 9.96. The molecular weight excluding hydrogens is 242 g/mol. The topological polar surface area (TPSA) is 47.6 Å². The number of hydrogen-bond acceptors (Lipinski definition) is 4. The van der Waals surface area contributed by atoms with Crippen molar-refractivity contribution in [1.29, 1.82) is 0 Å². The zero-order valence-corrected chi connectivity index (χ0v) is 11.9. The normalized spacial score (nSPS) is 13.8. The van der Waals surface area contributed by atoms with Gasteiger partial charge >= 0.3 is 5.97 Å². The second-order valence-electron chi connectivity index (χ2n) is 4.54. The number of rotatable bonds is 8. The number of methoxy groups -OCH3 is 2. The lowest BCUT2D eigenvalue weighted by Gasteiger charge is -2.20. The Morgan fingerprint density at radius 3 is 2.53 bits per heavy atom. The molecular formula is C15H23NO3. The van der Waals surface area contributed by atoms with Crippen LogP contribution in [0.5, 0.6) is 0 Å². The molecule has 0 radical (unpaired) electrons. The Hall–Kier alpha value is -1.39. The van der Waals surface area contributed by atoms with Gasteiger partial charge in [-0.3, -0.25) is 4.79 Å². The highest BCUT2D eigenvalue weighted by Gasteiger charge is 2.16. The van der Waals surface area contributed by atoms with Crippen LogP contribution in [-0.4, -0.2) is 39.4 Å². The highest BCUT2D eigenvalue weighted by Crippen LogP contribution is 2.18. The Bertz CT molecular complexity index is 367. The van der Waals surface area contributed by atoms with Crippen LogP contribution < -0.4 is 5.32 Å². The maximum Gasteiger partial charge on any atom is 0.322 e. The summed E-state index contributed by atoms with van der Waals surface area (Å²) >= 11 is 0. The lowest BCUT2D eigenvalue weighted by Crippen LogP contribution is -2.37. The van der Waals surface area contributed by atoms with Crippen LogP contribution in [0.3, 0.4) is 0 Å². The summed E-state index contributed by atoms with van der Waals surface area (Å²) < 4.78 is 9.85. The standard InChI is InChI=1S/C15H23NO3/c1-12(15(17)19-3)16-11-14(9-10-18-2)13-7-5-4-6-8-13/h4-8,12,14,16H,9-11H2,1-3H3. The molecule has 0 heterocycles. The molecule has 19 heavy (non-hydrogen) atoms. The zero-order valence-electron chi connectivity index (χ0n) is 11.9. The molecule has 0 spiro atoms. The van der Waals surface area contributed by atoms with Crippen molar-refractivity contribution in [2.45, 2.75) is 25.3 Å². The summed E-state index contributed by atoms with van der Waals surface area (Å²) in [6.45, 7) is 3.24. The van der Waals surface area contributed by atoms with Gasteiger partial charge in [0, 0.05) is 20.3 Å². The SMILES string of the molecule is COCCC(CNC(C)C(=O)OC)c1ccccc1. The van der Waals surface area contributed by atoms with E-state index in [9.17, 15) is 4.79 Å². The summed E-state index contributed by atoms with van der Waals surface area (Å²) in [4.78, 5) is 11.4. The highest BCUT2D eigenvalue weighted by molar-refractivity contribution is 5.75. The molecule has 0 aliphatic carbocycles. The molecule has 4 heteroatoms. The van der Waals surface area contributed by atoms with E-state index in [2.05, 4.69) is 17.4 Å². The quantitative estimate of drug-likeness (QED) is 0.730. The van der Waals surface area contributed by atoms with Crippen molar-refractivity contribution in [3.8, 4) is 0 Å². The van der Waals surface area contributed by atoms with E-state index in [1.807, 2.05) is 25.1 Å². The highest BCUT2D eigenvalue weighted by atomic mass is 16.5. The molecule has 1 rings (SSSR count). The van der Waals surface area contributed by atoms with Gasteiger partial charge in [-0.25, -0.2) is 0 Å². The third-order valence-corrected chi connectivity index (χ3v) is 3.17. The number of carbonyl (C=O) groups is 1. The van der Waals surface area contributed by atoms with E-state index in [1.54, 1.807) is 7.11 Å². The molecule has 0 bridgehead atoms. The van der Waals surface area contributed by atoms with E-state index in [0.717, 1.165) is 13.0 Å². The van der Waals surface area contributed by atoms with E-state index < -0.39 is 0 Å². The monoisotopic (exact) mass is 265 g/mol. The molecule has 2 unspecified atom stereocenters. The predicted molar refractivity (Wildman–Crippen MR) is 75.2 cm³/mol. The Morgan fingerprint density at radius 1 is 1.26 bits per heavy atom. The van der Waals surface area contributed by atoms with Gasteiger partial charge in [0.25, 0.3) is 0 Å². The van der Waals surface area contributed by atoms with E-state index in [-0.39, 0.29) is 12.0 Å². The largest absolute Gasteiger partial charge is 0.468 e. The summed E-state index contributed by atoms with van der Waals surface area (Å²) in [6.07, 6.45) is 0.918. The van der Waals surface area contributed by atoms with Crippen molar-refractivity contribution in [1.82, 2.24) is 5.32 Å². The van der Waals surface area contributed by atoms with Gasteiger partial charge < -0.3 is 14.8 Å². The van der Waals surface area contributed by atoms with Crippen molar-refractivity contribution in [3.05, 3.63) is 35.9 Å². The van der Waals surface area contributed by atoms with Crippen molar-refractivity contribution in [3.63, 3.8) is 0 Å². The van der Waals surface area contributed by atoms with Gasteiger partial charge in [0.15, 0.2) is 0 Å². The van der Waals surface area contributed by atoms with Crippen LogP contribution in [0, 0.1) is 0 Å². The summed E-state index contributed by atoms with van der Waals surface area (Å²) in [5.74, 6) is 0.0896. The predicted octanol–water partition coefficient (Wildman–Crippen LogP) is 1.96. The molecule has 0 aliphatic rings. The molecule has 0 amide bonds. The molecule has 1 N–H and O–H groups in total. The number of ether oxygens (including phenoxy) is 2. The molecule has 0 saturated carbocycles. The summed E-state index contributed by atoms with van der Waals surface area (Å²) in [5.41, 5.74) is 1.25. The van der Waals surface area contributed by atoms with Crippen molar-refractivity contribution in [2.24, 2.45) is 0 Å². The Labute approximate surface area is 115 Å². The minimum atomic E-state index is -0.293. The van der Waals surface area contributed by atoms with E-state index in [4.69, 9.17) is 9.47 Å². The second kappa shape index (κ2) is 8.67. The molecule has 0 fully saturated rings. The van der Waals surface area contributed by atoms with Gasteiger partial charge in [0.2, 0.25) is 0 Å². The molecule has 106 valence electrons. The van der Waals surface area contributed by atoms with E-state index in [1.165, 1.54) is 12.7 Å². The molecule has 0 saturated heterocycles. The van der Waals surface area contributed by atoms with Gasteiger partial charge in [-0.2, -0.15) is 0 Å². The zero-order chi connectivity index (χ0) is 14.1. The van der Waals surface area contributed by atoms with Crippen LogP contribution in [0.25, 0.3) is 0 Å². The number of nitrogens with one attached hydrogen (secondary N) is 1. The number of carbonyl (C=O) groups excluding carboxylic acids is 1. The number of hydrogen-bond donors (Lipinski definition) is 1. The second-order valence-corrected chi connectivity index (χ2v) is 4.54. The lowest BCUT2D eigenvalue weighted by molar-refractivity contribution is -0.142. The van der Waals surface area contributed by atoms with Crippen LogP contribution in [0.2, 0.25) is 0 Å². The third-order valence-electron chi connectivity index (χ3n) is 3.17. The van der Waals surface area contributed by atoms with Crippen LogP contribution in [0.15, 0.2) is 30.3 Å². The van der Waals surface area contributed by atoms with Gasteiger partial charge in [-0.05, 0) is 24.8 Å². The van der Waals surface area contributed by atoms with E-state index >= 15 is 0 Å². The summed E-state index contributed by atoms with van der Waals surface area (Å²) in [5, 5.41) is 3.21. The average molecular weight is 265 g/mol. The van der Waals surface area contributed by atoms with Crippen LogP contribution in [-0.2, 0) is 14.3 Å². The number of benzene rings is 1. The van der Waals surface area contributed by atoms with Gasteiger partial charge in [0.05, 0.1) is 7.11 Å². The van der Waals surface area contributed by atoms with Gasteiger partial charge in [0.1, 0.15) is 6.04 Å². The van der Waals surface area contributed by atoms with Crippen molar-refractivity contribution >= 4 is 5.97 Å². The first-order valence-corrected chi connectivity index (χ1v) is 6.54. The molecule has 4 nitrogen and oxygen atoms in total. The Kier molecular flexibility index (Phi) is 7.15. The number of esters is 1. The fourth-order valence-corrected chi connectivity index (χ4v) is 1.95. The molecule has 0 aliphatic heterocycles. The van der Waals surface area contributed by atoms with Gasteiger partial charge in [-0.1, -0.05) is 30.3 Å². The van der Waals surface area contributed by atoms with E-state index in [0.29, 0.717) is 12.5 Å². The molecule has 0 aromatic heterocycles. The maximum atomic E-state index is 11.4. The molecule has 2 atom stereocenters. The minimum absolute atomic E-state index is 0.237. The van der Waals surface area contributed by atoms with Gasteiger partial charge in [-0.15, -0.1) is 0 Å². The minimum Gasteiger partial charge on any atom is -0.468 e. The fourth-order valence-electron chi connectivity index (χ4n) is 1.95. The fraction of sp³-hybridized carbons (Fsp3) is 0.533. The molecule has 1 aromatic carbocycles. The third kappa shape index (κ3) is 5.41. The van der Waals surface area contributed by atoms with Crippen LogP contribution in [0.4, 0.5) is 0 Å². The Balaban J connectivity index is 2.58. The van der Waals surface area contributed by atoms with Crippen LogP contribution in [0.1, 0.15) is 24.8 Å². The smallest absolute Gasteiger partial charge is 0.322 e. The first kappa shape index (κ1) is 15.7. The summed E-state index contributed by atoms with van der Waals surface area (Å²) in [6, 6.07) is 9.97. The first-order valence-electron chi connectivity index (χ1n) is 6.54. The van der Waals surface area contributed by atoms with Crippen molar-refractivity contribution in [2.75, 3.05) is 27.4 Å². The summed E-state index contributed by atoms with van der Waals surface area (Å²) in [7, 11) is 3.10. The maximum absolute atomic E-state index is 11.4. The average Bonchev–Trinajstić information content (AvgIpc) is 2.47. The van der Waals surface area contributed by atoms with Crippen molar-refractivity contribution < 1.29 is 14.3 Å². The Morgan fingerprint density at radius 2 is 1.95 bits per heavy atom. The first-order chi connectivity index (χ1) is 9.19.